The molecule has 0 bridgehead atoms. The van der Waals surface area contributed by atoms with Gasteiger partial charge in [-0.05, 0) is 30.2 Å². The molecule has 3 N–H and O–H groups in total. The quantitative estimate of drug-likeness (QED) is 0.870. The Morgan fingerprint density at radius 1 is 1.45 bits per heavy atom. The largest absolute Gasteiger partial charge is 0.326 e. The Balaban J connectivity index is 2.46. The van der Waals surface area contributed by atoms with Crippen LogP contribution in [-0.4, -0.2) is 18.2 Å². The molecule has 0 spiro atoms. The second kappa shape index (κ2) is 5.55. The Morgan fingerprint density at radius 2 is 2.15 bits per heavy atom. The SMILES string of the molecule is Cc1c(Br)cc(CN)cc1S(=O)(=O)Nc1cnn(C)c1. The van der Waals surface area contributed by atoms with Crippen molar-refractivity contribution >= 4 is 31.6 Å². The predicted octanol–water partition coefficient (Wildman–Crippen LogP) is 1.75. The van der Waals surface area contributed by atoms with Crippen LogP contribution in [0.2, 0.25) is 0 Å². The number of rotatable bonds is 4. The summed E-state index contributed by atoms with van der Waals surface area (Å²) in [7, 11) is -1.96. The standard InChI is InChI=1S/C12H15BrN4O2S/c1-8-11(13)3-9(5-14)4-12(8)20(18,19)16-10-6-15-17(2)7-10/h3-4,6-7,16H,5,14H2,1-2H3. The highest BCUT2D eigenvalue weighted by Gasteiger charge is 2.20. The zero-order chi connectivity index (χ0) is 14.9. The Bertz CT molecular complexity index is 740. The first-order valence-electron chi connectivity index (χ1n) is 5.84. The van der Waals surface area contributed by atoms with Crippen LogP contribution < -0.4 is 10.5 Å². The molecular formula is C12H15BrN4O2S. The number of hydrogen-bond acceptors (Lipinski definition) is 4. The van der Waals surface area contributed by atoms with Gasteiger partial charge in [0.1, 0.15) is 0 Å². The van der Waals surface area contributed by atoms with E-state index in [-0.39, 0.29) is 11.4 Å². The lowest BCUT2D eigenvalue weighted by Gasteiger charge is -2.12. The maximum Gasteiger partial charge on any atom is 0.262 e. The van der Waals surface area contributed by atoms with Gasteiger partial charge in [-0.2, -0.15) is 5.10 Å². The minimum Gasteiger partial charge on any atom is -0.326 e. The number of aromatic nitrogens is 2. The number of anilines is 1. The number of hydrogen-bond donors (Lipinski definition) is 2. The van der Waals surface area contributed by atoms with Crippen LogP contribution in [0.5, 0.6) is 0 Å². The first-order valence-corrected chi connectivity index (χ1v) is 8.11. The maximum absolute atomic E-state index is 12.4. The maximum atomic E-state index is 12.4. The van der Waals surface area contributed by atoms with Crippen molar-refractivity contribution in [3.05, 3.63) is 40.1 Å². The molecule has 0 aliphatic rings. The van der Waals surface area contributed by atoms with E-state index in [4.69, 9.17) is 5.73 Å². The summed E-state index contributed by atoms with van der Waals surface area (Å²) in [5.41, 5.74) is 7.39. The summed E-state index contributed by atoms with van der Waals surface area (Å²) in [5, 5.41) is 3.93. The van der Waals surface area contributed by atoms with Crippen molar-refractivity contribution < 1.29 is 8.42 Å². The second-order valence-corrected chi connectivity index (χ2v) is 6.92. The highest BCUT2D eigenvalue weighted by atomic mass is 79.9. The Hall–Kier alpha value is -1.38. The van der Waals surface area contributed by atoms with Gasteiger partial charge in [-0.3, -0.25) is 9.40 Å². The molecule has 0 saturated heterocycles. The molecular weight excluding hydrogens is 344 g/mol. The van der Waals surface area contributed by atoms with Gasteiger partial charge < -0.3 is 5.73 Å². The zero-order valence-electron chi connectivity index (χ0n) is 11.1. The lowest BCUT2D eigenvalue weighted by molar-refractivity contribution is 0.600. The minimum atomic E-state index is -3.67. The molecule has 0 aliphatic heterocycles. The molecule has 1 aromatic carbocycles. The van der Waals surface area contributed by atoms with E-state index in [0.29, 0.717) is 15.7 Å². The van der Waals surface area contributed by atoms with E-state index in [9.17, 15) is 8.42 Å². The Kier molecular flexibility index (Phi) is 4.17. The topological polar surface area (TPSA) is 90.0 Å². The van der Waals surface area contributed by atoms with Gasteiger partial charge in [-0.15, -0.1) is 0 Å². The lowest BCUT2D eigenvalue weighted by Crippen LogP contribution is -2.15. The summed E-state index contributed by atoms with van der Waals surface area (Å²) in [6.45, 7) is 2.01. The minimum absolute atomic E-state index is 0.205. The normalized spacial score (nSPS) is 11.6. The van der Waals surface area contributed by atoms with Gasteiger partial charge in [0, 0.05) is 24.3 Å². The van der Waals surface area contributed by atoms with Crippen molar-refractivity contribution in [1.29, 1.82) is 0 Å². The van der Waals surface area contributed by atoms with Gasteiger partial charge in [-0.1, -0.05) is 15.9 Å². The van der Waals surface area contributed by atoms with Crippen LogP contribution in [0.25, 0.3) is 0 Å². The third-order valence-corrected chi connectivity index (χ3v) is 5.17. The second-order valence-electron chi connectivity index (χ2n) is 4.41. The summed E-state index contributed by atoms with van der Waals surface area (Å²) in [5.74, 6) is 0. The van der Waals surface area contributed by atoms with Crippen LogP contribution in [0.15, 0.2) is 33.9 Å². The highest BCUT2D eigenvalue weighted by molar-refractivity contribution is 9.10. The molecule has 8 heteroatoms. The number of nitrogens with one attached hydrogen (secondary N) is 1. The molecule has 0 aliphatic carbocycles. The van der Waals surface area contributed by atoms with E-state index in [1.54, 1.807) is 26.2 Å². The van der Waals surface area contributed by atoms with E-state index in [2.05, 4.69) is 25.8 Å². The van der Waals surface area contributed by atoms with E-state index < -0.39 is 10.0 Å². The van der Waals surface area contributed by atoms with E-state index in [1.165, 1.54) is 10.9 Å². The summed E-state index contributed by atoms with van der Waals surface area (Å²) in [6.07, 6.45) is 3.05. The molecule has 108 valence electrons. The van der Waals surface area contributed by atoms with Gasteiger partial charge in [0.15, 0.2) is 0 Å². The van der Waals surface area contributed by atoms with Gasteiger partial charge >= 0.3 is 0 Å². The molecule has 0 radical (unpaired) electrons. The molecule has 0 atom stereocenters. The van der Waals surface area contributed by atoms with Crippen LogP contribution in [0, 0.1) is 6.92 Å². The van der Waals surface area contributed by atoms with E-state index in [1.807, 2.05) is 6.07 Å². The third kappa shape index (κ3) is 3.02. The van der Waals surface area contributed by atoms with Crippen LogP contribution >= 0.6 is 15.9 Å². The summed E-state index contributed by atoms with van der Waals surface area (Å²) in [6, 6.07) is 3.40. The Morgan fingerprint density at radius 3 is 2.70 bits per heavy atom. The summed E-state index contributed by atoms with van der Waals surface area (Å²) >= 11 is 3.36. The first-order chi connectivity index (χ1) is 9.33. The Labute approximate surface area is 126 Å². The lowest BCUT2D eigenvalue weighted by atomic mass is 10.1. The van der Waals surface area contributed by atoms with Crippen molar-refractivity contribution in [2.45, 2.75) is 18.4 Å². The van der Waals surface area contributed by atoms with Crippen LogP contribution in [0.4, 0.5) is 5.69 Å². The number of halogens is 1. The summed E-state index contributed by atoms with van der Waals surface area (Å²) < 4.78 is 29.6. The molecule has 2 aromatic rings. The fraction of sp³-hybridized carbons (Fsp3) is 0.250. The molecule has 20 heavy (non-hydrogen) atoms. The monoisotopic (exact) mass is 358 g/mol. The summed E-state index contributed by atoms with van der Waals surface area (Å²) in [4.78, 5) is 0.205. The highest BCUT2D eigenvalue weighted by Crippen LogP contribution is 2.27. The number of nitrogens with two attached hydrogens (primary N) is 1. The van der Waals surface area contributed by atoms with Gasteiger partial charge in [0.25, 0.3) is 10.0 Å². The predicted molar refractivity (Wildman–Crippen MR) is 80.8 cm³/mol. The van der Waals surface area contributed by atoms with E-state index in [0.717, 1.165) is 5.56 Å². The molecule has 1 aromatic heterocycles. The molecule has 0 fully saturated rings. The average Bonchev–Trinajstić information content (AvgIpc) is 2.76. The molecule has 2 rings (SSSR count). The molecule has 0 saturated carbocycles. The van der Waals surface area contributed by atoms with Crippen LogP contribution in [-0.2, 0) is 23.6 Å². The average molecular weight is 359 g/mol. The fourth-order valence-electron chi connectivity index (χ4n) is 1.79. The van der Waals surface area contributed by atoms with Crippen molar-refractivity contribution in [1.82, 2.24) is 9.78 Å². The van der Waals surface area contributed by atoms with Crippen molar-refractivity contribution in [3.63, 3.8) is 0 Å². The fourth-order valence-corrected chi connectivity index (χ4v) is 3.77. The molecule has 6 nitrogen and oxygen atoms in total. The first kappa shape index (κ1) is 15.0. The van der Waals surface area contributed by atoms with E-state index >= 15 is 0 Å². The van der Waals surface area contributed by atoms with Crippen molar-refractivity contribution in [2.24, 2.45) is 12.8 Å². The molecule has 1 heterocycles. The van der Waals surface area contributed by atoms with Crippen LogP contribution in [0.3, 0.4) is 0 Å². The number of sulfonamides is 1. The number of benzene rings is 1. The zero-order valence-corrected chi connectivity index (χ0v) is 13.5. The van der Waals surface area contributed by atoms with Gasteiger partial charge in [0.2, 0.25) is 0 Å². The third-order valence-electron chi connectivity index (χ3n) is 2.84. The number of nitrogens with zero attached hydrogens (tertiary/aromatic N) is 2. The number of aryl methyl sites for hydroxylation is 1. The molecule has 0 amide bonds. The smallest absolute Gasteiger partial charge is 0.262 e. The molecule has 0 unspecified atom stereocenters. The van der Waals surface area contributed by atoms with Crippen molar-refractivity contribution in [3.8, 4) is 0 Å². The van der Waals surface area contributed by atoms with Gasteiger partial charge in [-0.25, -0.2) is 8.42 Å². The van der Waals surface area contributed by atoms with Gasteiger partial charge in [0.05, 0.1) is 16.8 Å². The van der Waals surface area contributed by atoms with Crippen molar-refractivity contribution in [2.75, 3.05) is 4.72 Å². The van der Waals surface area contributed by atoms with Crippen LogP contribution in [0.1, 0.15) is 11.1 Å².